The van der Waals surface area contributed by atoms with E-state index in [0.29, 0.717) is 32.5 Å². The van der Waals surface area contributed by atoms with Gasteiger partial charge in [-0.15, -0.1) is 0 Å². The Bertz CT molecular complexity index is 1080. The van der Waals surface area contributed by atoms with Crippen molar-refractivity contribution >= 4 is 12.0 Å². The molecule has 0 saturated carbocycles. The number of benzene rings is 2. The van der Waals surface area contributed by atoms with Gasteiger partial charge in [-0.25, -0.2) is 4.79 Å². The molecule has 2 aromatic rings. The van der Waals surface area contributed by atoms with E-state index in [1.807, 2.05) is 65.6 Å². The molecule has 7 heteroatoms. The van der Waals surface area contributed by atoms with Gasteiger partial charge in [-0.1, -0.05) is 99.0 Å². The van der Waals surface area contributed by atoms with Crippen molar-refractivity contribution in [1.82, 2.24) is 9.80 Å². The summed E-state index contributed by atoms with van der Waals surface area (Å²) in [7, 11) is 0. The molecule has 7 nitrogen and oxygen atoms in total. The Hall–Kier alpha value is -3.16. The van der Waals surface area contributed by atoms with Crippen LogP contribution in [0, 0.1) is 0 Å². The van der Waals surface area contributed by atoms with Crippen molar-refractivity contribution in [3.63, 3.8) is 0 Å². The third-order valence-electron chi connectivity index (χ3n) is 7.82. The number of ether oxygens (including phenoxy) is 2. The fourth-order valence-electron chi connectivity index (χ4n) is 5.64. The summed E-state index contributed by atoms with van der Waals surface area (Å²) >= 11 is 0. The molecule has 2 heterocycles. The van der Waals surface area contributed by atoms with Crippen LogP contribution in [0.4, 0.5) is 4.79 Å². The first-order chi connectivity index (χ1) is 19.6. The maximum atomic E-state index is 13.6. The predicted molar refractivity (Wildman–Crippen MR) is 155 cm³/mol. The molecule has 40 heavy (non-hydrogen) atoms. The number of unbranched alkanes of at least 4 members (excludes halogenated alkanes) is 3. The van der Waals surface area contributed by atoms with Crippen LogP contribution < -0.4 is 0 Å². The van der Waals surface area contributed by atoms with Crippen LogP contribution >= 0.6 is 0 Å². The van der Waals surface area contributed by atoms with Gasteiger partial charge < -0.3 is 19.5 Å². The molecule has 0 aliphatic carbocycles. The van der Waals surface area contributed by atoms with E-state index in [1.165, 1.54) is 0 Å². The average Bonchev–Trinajstić information content (AvgIpc) is 3.32. The number of fused-ring (bicyclic) bond motifs is 1. The molecule has 2 aromatic carbocycles. The Kier molecular flexibility index (Phi) is 11.6. The summed E-state index contributed by atoms with van der Waals surface area (Å²) < 4.78 is 12.4. The molecule has 0 spiro atoms. The van der Waals surface area contributed by atoms with Gasteiger partial charge in [0.1, 0.15) is 0 Å². The lowest BCUT2D eigenvalue weighted by molar-refractivity contribution is -0.133. The number of hydrogen-bond acceptors (Lipinski definition) is 5. The van der Waals surface area contributed by atoms with Crippen molar-refractivity contribution in [2.45, 2.75) is 95.7 Å². The SMILES string of the molecule is CCCCC[C@H](OCc1ccccc1)[C@@H]1OC(=O)N2[C@@H](CC(=O)N(CCCCO)Cc3ccccc3)CC=C[C@H]12. The molecule has 1 fully saturated rings. The highest BCUT2D eigenvalue weighted by molar-refractivity contribution is 5.79. The van der Waals surface area contributed by atoms with E-state index in [9.17, 15) is 14.7 Å². The number of aliphatic hydroxyl groups excluding tert-OH is 1. The van der Waals surface area contributed by atoms with E-state index in [-0.39, 0.29) is 43.2 Å². The average molecular weight is 549 g/mol. The number of hydrogen-bond donors (Lipinski definition) is 1. The highest BCUT2D eigenvalue weighted by atomic mass is 16.6. The van der Waals surface area contributed by atoms with Gasteiger partial charge in [0.15, 0.2) is 6.10 Å². The summed E-state index contributed by atoms with van der Waals surface area (Å²) in [4.78, 5) is 30.5. The third kappa shape index (κ3) is 8.18. The number of aliphatic hydroxyl groups is 1. The van der Waals surface area contributed by atoms with Crippen LogP contribution in [0.3, 0.4) is 0 Å². The summed E-state index contributed by atoms with van der Waals surface area (Å²) in [6.07, 6.45) is 9.39. The fourth-order valence-corrected chi connectivity index (χ4v) is 5.64. The fraction of sp³-hybridized carbons (Fsp3) is 0.515. The number of amides is 2. The summed E-state index contributed by atoms with van der Waals surface area (Å²) in [5, 5.41) is 9.26. The lowest BCUT2D eigenvalue weighted by Crippen LogP contribution is -2.49. The van der Waals surface area contributed by atoms with E-state index in [1.54, 1.807) is 4.90 Å². The van der Waals surface area contributed by atoms with E-state index in [4.69, 9.17) is 9.47 Å². The Morgan fingerprint density at radius 1 is 1.05 bits per heavy atom. The Morgan fingerprint density at radius 3 is 2.48 bits per heavy atom. The summed E-state index contributed by atoms with van der Waals surface area (Å²) in [6, 6.07) is 19.5. The van der Waals surface area contributed by atoms with Crippen molar-refractivity contribution in [2.24, 2.45) is 0 Å². The van der Waals surface area contributed by atoms with Gasteiger partial charge in [0.2, 0.25) is 5.91 Å². The molecular weight excluding hydrogens is 504 g/mol. The van der Waals surface area contributed by atoms with Crippen LogP contribution in [0.5, 0.6) is 0 Å². The topological polar surface area (TPSA) is 79.3 Å². The van der Waals surface area contributed by atoms with Crippen LogP contribution in [0.25, 0.3) is 0 Å². The van der Waals surface area contributed by atoms with Gasteiger partial charge in [-0.2, -0.15) is 0 Å². The maximum absolute atomic E-state index is 13.6. The Morgan fingerprint density at radius 2 is 1.77 bits per heavy atom. The summed E-state index contributed by atoms with van der Waals surface area (Å²) in [6.45, 7) is 3.83. The number of carbonyl (C=O) groups is 2. The molecule has 4 rings (SSSR count). The quantitative estimate of drug-likeness (QED) is 0.210. The van der Waals surface area contributed by atoms with Crippen LogP contribution in [0.2, 0.25) is 0 Å². The molecule has 0 unspecified atom stereocenters. The standard InChI is InChI=1S/C33H44N2O5/c1-2-3-6-20-30(39-25-27-16-9-5-10-17-27)32-29-19-13-18-28(35(29)33(38)40-32)23-31(37)34(21-11-12-22-36)24-26-14-7-4-8-15-26/h4-5,7-10,13-17,19,28-30,32,36H,2-3,6,11-12,18,20-25H2,1H3/t28-,29-,30+,32-/m1/s1. The van der Waals surface area contributed by atoms with Gasteiger partial charge in [-0.05, 0) is 36.8 Å². The van der Waals surface area contributed by atoms with E-state index >= 15 is 0 Å². The number of nitrogens with zero attached hydrogens (tertiary/aromatic N) is 2. The maximum Gasteiger partial charge on any atom is 0.411 e. The smallest absolute Gasteiger partial charge is 0.411 e. The largest absolute Gasteiger partial charge is 0.441 e. The Balaban J connectivity index is 1.44. The second kappa shape index (κ2) is 15.6. The van der Waals surface area contributed by atoms with Gasteiger partial charge in [-0.3, -0.25) is 9.69 Å². The molecule has 216 valence electrons. The van der Waals surface area contributed by atoms with E-state index < -0.39 is 6.10 Å². The molecule has 2 amide bonds. The molecule has 0 aromatic heterocycles. The van der Waals surface area contributed by atoms with E-state index in [0.717, 1.165) is 43.2 Å². The first-order valence-electron chi connectivity index (χ1n) is 14.8. The minimum Gasteiger partial charge on any atom is -0.441 e. The highest BCUT2D eigenvalue weighted by Gasteiger charge is 2.49. The molecule has 0 radical (unpaired) electrons. The zero-order valence-electron chi connectivity index (χ0n) is 23.7. The highest BCUT2D eigenvalue weighted by Crippen LogP contribution is 2.34. The molecule has 1 N–H and O–H groups in total. The van der Waals surface area contributed by atoms with Crippen molar-refractivity contribution in [1.29, 1.82) is 0 Å². The van der Waals surface area contributed by atoms with Gasteiger partial charge in [0.05, 0.1) is 18.8 Å². The Labute approximate surface area is 238 Å². The first kappa shape index (κ1) is 29.8. The lowest BCUT2D eigenvalue weighted by atomic mass is 9.93. The predicted octanol–water partition coefficient (Wildman–Crippen LogP) is 5.86. The zero-order valence-corrected chi connectivity index (χ0v) is 23.7. The molecule has 1 saturated heterocycles. The van der Waals surface area contributed by atoms with Gasteiger partial charge in [0.25, 0.3) is 0 Å². The molecule has 2 aliphatic rings. The summed E-state index contributed by atoms with van der Waals surface area (Å²) in [5.41, 5.74) is 2.15. The van der Waals surface area contributed by atoms with Crippen molar-refractivity contribution < 1.29 is 24.2 Å². The molecular formula is C33H44N2O5. The number of cyclic esters (lactones) is 1. The third-order valence-corrected chi connectivity index (χ3v) is 7.82. The van der Waals surface area contributed by atoms with Crippen molar-refractivity contribution in [3.8, 4) is 0 Å². The van der Waals surface area contributed by atoms with Crippen molar-refractivity contribution in [3.05, 3.63) is 83.9 Å². The second-order valence-corrected chi connectivity index (χ2v) is 10.8. The van der Waals surface area contributed by atoms with E-state index in [2.05, 4.69) is 19.1 Å². The van der Waals surface area contributed by atoms with Crippen molar-refractivity contribution in [2.75, 3.05) is 13.2 Å². The van der Waals surface area contributed by atoms with Crippen LogP contribution in [-0.4, -0.2) is 64.4 Å². The summed E-state index contributed by atoms with van der Waals surface area (Å²) in [5.74, 6) is 0.0110. The van der Waals surface area contributed by atoms with Crippen LogP contribution in [-0.2, 0) is 27.4 Å². The molecule has 0 bridgehead atoms. The zero-order chi connectivity index (χ0) is 28.2. The van der Waals surface area contributed by atoms with Gasteiger partial charge in [0, 0.05) is 32.2 Å². The van der Waals surface area contributed by atoms with Crippen LogP contribution in [0.1, 0.15) is 69.4 Å². The second-order valence-electron chi connectivity index (χ2n) is 10.8. The first-order valence-corrected chi connectivity index (χ1v) is 14.8. The number of carbonyl (C=O) groups excluding carboxylic acids is 2. The molecule has 4 atom stereocenters. The minimum absolute atomic E-state index is 0.0110. The van der Waals surface area contributed by atoms with Gasteiger partial charge >= 0.3 is 6.09 Å². The number of rotatable bonds is 16. The monoisotopic (exact) mass is 548 g/mol. The normalized spacial score (nSPS) is 20.7. The lowest BCUT2D eigenvalue weighted by Gasteiger charge is -2.35. The van der Waals surface area contributed by atoms with Crippen LogP contribution in [0.15, 0.2) is 72.8 Å². The minimum atomic E-state index is -0.410. The molecule has 2 aliphatic heterocycles.